The zero-order valence-electron chi connectivity index (χ0n) is 16.6. The van der Waals surface area contributed by atoms with Gasteiger partial charge in [0.25, 0.3) is 0 Å². The summed E-state index contributed by atoms with van der Waals surface area (Å²) in [6.45, 7) is 5.96. The van der Waals surface area contributed by atoms with Crippen molar-refractivity contribution in [1.29, 1.82) is 0 Å². The topological polar surface area (TPSA) is 27.1 Å². The molecular formula is C25H26N2O. The molecule has 0 aliphatic heterocycles. The highest BCUT2D eigenvalue weighted by Crippen LogP contribution is 2.28. The van der Waals surface area contributed by atoms with Crippen LogP contribution in [0.4, 0.5) is 0 Å². The molecule has 0 radical (unpaired) electrons. The second-order valence-corrected chi connectivity index (χ2v) is 7.26. The zero-order valence-corrected chi connectivity index (χ0v) is 16.6. The highest BCUT2D eigenvalue weighted by Gasteiger charge is 2.14. The summed E-state index contributed by atoms with van der Waals surface area (Å²) in [6.07, 6.45) is 2.05. The monoisotopic (exact) mass is 370 g/mol. The second-order valence-electron chi connectivity index (χ2n) is 7.26. The summed E-state index contributed by atoms with van der Waals surface area (Å²) >= 11 is 0. The summed E-state index contributed by atoms with van der Waals surface area (Å²) < 4.78 is 8.19. The van der Waals surface area contributed by atoms with E-state index in [1.54, 1.807) is 0 Å². The van der Waals surface area contributed by atoms with E-state index in [1.165, 1.54) is 22.2 Å². The van der Waals surface area contributed by atoms with Gasteiger partial charge in [-0.3, -0.25) is 0 Å². The van der Waals surface area contributed by atoms with Crippen LogP contribution >= 0.6 is 0 Å². The average Bonchev–Trinajstić information content (AvgIpc) is 3.07. The minimum absolute atomic E-state index is 0.732. The Morgan fingerprint density at radius 2 is 1.64 bits per heavy atom. The summed E-state index contributed by atoms with van der Waals surface area (Å²) in [6, 6.07) is 25.0. The van der Waals surface area contributed by atoms with Crippen LogP contribution in [0.2, 0.25) is 0 Å². The molecule has 0 unspecified atom stereocenters. The van der Waals surface area contributed by atoms with Crippen molar-refractivity contribution in [3.05, 3.63) is 83.9 Å². The van der Waals surface area contributed by atoms with Crippen molar-refractivity contribution >= 4 is 11.0 Å². The van der Waals surface area contributed by atoms with Gasteiger partial charge in [0.05, 0.1) is 17.6 Å². The molecule has 0 amide bonds. The Balaban J connectivity index is 1.52. The van der Waals surface area contributed by atoms with Crippen LogP contribution in [0.15, 0.2) is 72.8 Å². The van der Waals surface area contributed by atoms with Crippen molar-refractivity contribution in [3.8, 4) is 17.1 Å². The third-order valence-corrected chi connectivity index (χ3v) is 5.07. The molecule has 3 heteroatoms. The lowest BCUT2D eigenvalue weighted by Crippen LogP contribution is -2.04. The summed E-state index contributed by atoms with van der Waals surface area (Å²) in [5, 5.41) is 0. The van der Waals surface area contributed by atoms with Crippen molar-refractivity contribution in [2.45, 2.75) is 33.2 Å². The van der Waals surface area contributed by atoms with Crippen LogP contribution in [0.1, 0.15) is 24.0 Å². The minimum atomic E-state index is 0.732. The van der Waals surface area contributed by atoms with Gasteiger partial charge in [0.2, 0.25) is 0 Å². The number of rotatable bonds is 7. The lowest BCUT2D eigenvalue weighted by Gasteiger charge is -2.12. The van der Waals surface area contributed by atoms with E-state index in [9.17, 15) is 0 Å². The van der Waals surface area contributed by atoms with Crippen molar-refractivity contribution in [3.63, 3.8) is 0 Å². The molecule has 28 heavy (non-hydrogen) atoms. The molecule has 0 atom stereocenters. The first-order chi connectivity index (χ1) is 13.7. The molecule has 0 aliphatic carbocycles. The standard InChI is InChI=1S/C25H26N2O/c1-19-14-15-22(20(2)18-19)25-26-23-12-6-7-13-24(23)27(25)16-8-9-17-28-21-10-4-3-5-11-21/h3-7,10-15,18H,8-9,16-17H2,1-2H3. The third kappa shape index (κ3) is 3.94. The first-order valence-electron chi connectivity index (χ1n) is 9.93. The zero-order chi connectivity index (χ0) is 19.3. The molecule has 3 aromatic carbocycles. The molecule has 1 aromatic heterocycles. The molecule has 4 rings (SSSR count). The molecule has 3 nitrogen and oxygen atoms in total. The van der Waals surface area contributed by atoms with E-state index in [2.05, 4.69) is 60.9 Å². The Bertz CT molecular complexity index is 1070. The predicted molar refractivity (Wildman–Crippen MR) is 116 cm³/mol. The van der Waals surface area contributed by atoms with Crippen LogP contribution in [0.25, 0.3) is 22.4 Å². The number of aromatic nitrogens is 2. The number of hydrogen-bond donors (Lipinski definition) is 0. The maximum Gasteiger partial charge on any atom is 0.141 e. The second kappa shape index (κ2) is 8.30. The summed E-state index contributed by atoms with van der Waals surface area (Å²) in [7, 11) is 0. The van der Waals surface area contributed by atoms with Gasteiger partial charge in [-0.2, -0.15) is 0 Å². The first kappa shape index (κ1) is 18.3. The fraction of sp³-hybridized carbons (Fsp3) is 0.240. The summed E-state index contributed by atoms with van der Waals surface area (Å²) in [5.74, 6) is 1.99. The largest absolute Gasteiger partial charge is 0.494 e. The van der Waals surface area contributed by atoms with Crippen LogP contribution in [0, 0.1) is 13.8 Å². The molecule has 0 N–H and O–H groups in total. The number of benzene rings is 3. The number of nitrogens with zero attached hydrogens (tertiary/aromatic N) is 2. The highest BCUT2D eigenvalue weighted by atomic mass is 16.5. The Morgan fingerprint density at radius 1 is 0.857 bits per heavy atom. The maximum atomic E-state index is 5.84. The smallest absolute Gasteiger partial charge is 0.141 e. The molecule has 0 bridgehead atoms. The first-order valence-corrected chi connectivity index (χ1v) is 9.93. The number of ether oxygens (including phenoxy) is 1. The Labute approximate surface area is 166 Å². The lowest BCUT2D eigenvalue weighted by molar-refractivity contribution is 0.303. The molecule has 142 valence electrons. The SMILES string of the molecule is Cc1ccc(-c2nc3ccccc3n2CCCCOc2ccccc2)c(C)c1. The molecule has 0 saturated heterocycles. The minimum Gasteiger partial charge on any atom is -0.494 e. The number of hydrogen-bond acceptors (Lipinski definition) is 2. The van der Waals surface area contributed by atoms with E-state index in [0.717, 1.165) is 43.1 Å². The Kier molecular flexibility index (Phi) is 5.43. The van der Waals surface area contributed by atoms with Gasteiger partial charge in [0.15, 0.2) is 0 Å². The quantitative estimate of drug-likeness (QED) is 0.363. The van der Waals surface area contributed by atoms with Crippen LogP contribution in [-0.2, 0) is 6.54 Å². The fourth-order valence-electron chi connectivity index (χ4n) is 3.65. The van der Waals surface area contributed by atoms with Gasteiger partial charge < -0.3 is 9.30 Å². The van der Waals surface area contributed by atoms with Gasteiger partial charge in [-0.05, 0) is 56.5 Å². The van der Waals surface area contributed by atoms with Crippen LogP contribution in [0.3, 0.4) is 0 Å². The van der Waals surface area contributed by atoms with E-state index >= 15 is 0 Å². The molecule has 0 aliphatic rings. The Hall–Kier alpha value is -3.07. The van der Waals surface area contributed by atoms with Gasteiger partial charge in [-0.15, -0.1) is 0 Å². The van der Waals surface area contributed by atoms with Crippen LogP contribution in [0.5, 0.6) is 5.75 Å². The van der Waals surface area contributed by atoms with Crippen LogP contribution < -0.4 is 4.74 Å². The van der Waals surface area contributed by atoms with E-state index < -0.39 is 0 Å². The molecular weight excluding hydrogens is 344 g/mol. The summed E-state index contributed by atoms with van der Waals surface area (Å²) in [5.41, 5.74) is 6.01. The van der Waals surface area contributed by atoms with Gasteiger partial charge in [-0.25, -0.2) is 4.98 Å². The lowest BCUT2D eigenvalue weighted by atomic mass is 10.1. The highest BCUT2D eigenvalue weighted by molar-refractivity contribution is 5.81. The molecule has 0 spiro atoms. The van der Waals surface area contributed by atoms with Gasteiger partial charge in [0, 0.05) is 12.1 Å². The fourth-order valence-corrected chi connectivity index (χ4v) is 3.65. The normalized spacial score (nSPS) is 11.1. The number of aryl methyl sites for hydroxylation is 3. The number of unbranched alkanes of at least 4 members (excludes halogenated alkanes) is 1. The van der Waals surface area contributed by atoms with Crippen molar-refractivity contribution < 1.29 is 4.74 Å². The number of para-hydroxylation sites is 3. The van der Waals surface area contributed by atoms with Gasteiger partial charge in [0.1, 0.15) is 11.6 Å². The Morgan fingerprint density at radius 3 is 2.46 bits per heavy atom. The summed E-state index contributed by atoms with van der Waals surface area (Å²) in [4.78, 5) is 4.95. The maximum absolute atomic E-state index is 5.84. The molecule has 4 aromatic rings. The van der Waals surface area contributed by atoms with Gasteiger partial charge >= 0.3 is 0 Å². The van der Waals surface area contributed by atoms with E-state index in [0.29, 0.717) is 0 Å². The molecule has 0 saturated carbocycles. The molecule has 0 fully saturated rings. The third-order valence-electron chi connectivity index (χ3n) is 5.07. The van der Waals surface area contributed by atoms with Crippen LogP contribution in [-0.4, -0.2) is 16.2 Å². The molecule has 1 heterocycles. The van der Waals surface area contributed by atoms with E-state index in [1.807, 2.05) is 30.3 Å². The van der Waals surface area contributed by atoms with Gasteiger partial charge in [-0.1, -0.05) is 54.1 Å². The van der Waals surface area contributed by atoms with Crippen molar-refractivity contribution in [1.82, 2.24) is 9.55 Å². The number of fused-ring (bicyclic) bond motifs is 1. The number of imidazole rings is 1. The van der Waals surface area contributed by atoms with Crippen molar-refractivity contribution in [2.24, 2.45) is 0 Å². The van der Waals surface area contributed by atoms with E-state index in [4.69, 9.17) is 9.72 Å². The average molecular weight is 370 g/mol. The predicted octanol–water partition coefficient (Wildman–Crippen LogP) is 6.18. The van der Waals surface area contributed by atoms with Crippen molar-refractivity contribution in [2.75, 3.05) is 6.61 Å². The van der Waals surface area contributed by atoms with E-state index in [-0.39, 0.29) is 0 Å².